The van der Waals surface area contributed by atoms with Crippen LogP contribution >= 0.6 is 0 Å². The minimum absolute atomic E-state index is 0.00172. The number of aromatic nitrogens is 6. The smallest absolute Gasteiger partial charge is 0.433 e. The molecule has 2 aliphatic heterocycles. The average molecular weight is 622 g/mol. The number of nitriles is 1. The van der Waals surface area contributed by atoms with Crippen molar-refractivity contribution in [2.75, 3.05) is 26.3 Å². The largest absolute Gasteiger partial charge is 0.474 e. The first-order chi connectivity index (χ1) is 21.6. The highest BCUT2D eigenvalue weighted by atomic mass is 19.4. The molecule has 4 aromatic rings. The normalized spacial score (nSPS) is 23.8. The molecule has 236 valence electrons. The summed E-state index contributed by atoms with van der Waals surface area (Å²) in [6.45, 7) is 4.79. The lowest BCUT2D eigenvalue weighted by atomic mass is 9.69. The summed E-state index contributed by atoms with van der Waals surface area (Å²) in [5.41, 5.74) is 1.29. The number of halogens is 3. The maximum atomic E-state index is 13.6. The van der Waals surface area contributed by atoms with Gasteiger partial charge in [0.15, 0.2) is 0 Å². The van der Waals surface area contributed by atoms with E-state index in [0.717, 1.165) is 54.3 Å². The monoisotopic (exact) mass is 621 g/mol. The number of fused-ring (bicyclic) bond motifs is 1. The number of hydrogen-bond donors (Lipinski definition) is 2. The van der Waals surface area contributed by atoms with Crippen LogP contribution in [0.5, 0.6) is 5.88 Å². The maximum absolute atomic E-state index is 13.6. The van der Waals surface area contributed by atoms with Gasteiger partial charge in [-0.25, -0.2) is 15.0 Å². The number of pyridine rings is 1. The molecule has 0 aromatic carbocycles. The molecule has 0 spiro atoms. The molecule has 6 heterocycles. The second-order valence-corrected chi connectivity index (χ2v) is 12.7. The van der Waals surface area contributed by atoms with Crippen molar-refractivity contribution >= 4 is 11.0 Å². The number of nitrogens with zero attached hydrogens (tertiary/aromatic N) is 7. The molecule has 1 aliphatic carbocycles. The molecule has 4 aromatic heterocycles. The lowest BCUT2D eigenvalue weighted by molar-refractivity contribution is -0.141. The molecule has 0 radical (unpaired) electrons. The van der Waals surface area contributed by atoms with Gasteiger partial charge in [-0.05, 0) is 50.3 Å². The Balaban J connectivity index is 0.977. The summed E-state index contributed by atoms with van der Waals surface area (Å²) in [6.07, 6.45) is 5.57. The molecular weight excluding hydrogens is 587 g/mol. The van der Waals surface area contributed by atoms with E-state index < -0.39 is 17.4 Å². The number of piperidine rings is 1. The van der Waals surface area contributed by atoms with Gasteiger partial charge in [0.1, 0.15) is 23.8 Å². The number of rotatable bonds is 9. The van der Waals surface area contributed by atoms with E-state index in [-0.39, 0.29) is 30.1 Å². The van der Waals surface area contributed by atoms with Gasteiger partial charge in [-0.2, -0.15) is 23.5 Å². The minimum atomic E-state index is -4.57. The highest BCUT2D eigenvalue weighted by Crippen LogP contribution is 2.45. The Labute approximate surface area is 257 Å². The third kappa shape index (κ3) is 5.87. The van der Waals surface area contributed by atoms with Crippen molar-refractivity contribution in [3.8, 4) is 23.2 Å². The number of nitrogens with one attached hydrogen (secondary N) is 2. The second-order valence-electron chi connectivity index (χ2n) is 12.7. The fourth-order valence-electron chi connectivity index (χ4n) is 6.66. The van der Waals surface area contributed by atoms with Crippen molar-refractivity contribution in [2.24, 2.45) is 0 Å². The Morgan fingerprint density at radius 1 is 1.20 bits per heavy atom. The van der Waals surface area contributed by atoms with Crippen molar-refractivity contribution in [1.82, 2.24) is 39.9 Å². The Bertz CT molecular complexity index is 1710. The van der Waals surface area contributed by atoms with Crippen LogP contribution in [-0.4, -0.2) is 78.6 Å². The van der Waals surface area contributed by atoms with Gasteiger partial charge in [-0.3, -0.25) is 9.58 Å². The number of H-pyrrole nitrogens is 1. The van der Waals surface area contributed by atoms with Crippen LogP contribution < -0.4 is 10.1 Å². The fourth-order valence-corrected chi connectivity index (χ4v) is 6.66. The molecule has 0 amide bonds. The molecule has 0 bridgehead atoms. The maximum Gasteiger partial charge on any atom is 0.433 e. The van der Waals surface area contributed by atoms with E-state index in [0.29, 0.717) is 38.0 Å². The second kappa shape index (κ2) is 11.4. The molecule has 3 aliphatic rings. The Hall–Kier alpha value is -4.06. The molecule has 11 nitrogen and oxygen atoms in total. The molecule has 0 atom stereocenters. The average Bonchev–Trinajstić information content (AvgIpc) is 3.67. The Kier molecular flexibility index (Phi) is 7.50. The number of ether oxygens (including phenoxy) is 2. The van der Waals surface area contributed by atoms with E-state index in [1.165, 1.54) is 6.33 Å². The number of aromatic amines is 1. The first kappa shape index (κ1) is 29.6. The summed E-state index contributed by atoms with van der Waals surface area (Å²) >= 11 is 0. The SMILES string of the molecule is CC1(NCc2cc(OC3CCN([C@H]4C[C@](CC#N)(n5cc(-c6ncnc7[nH]ccc67)cn5)C4)CC3)nc(C(F)(F)F)c2)COC1. The third-order valence-corrected chi connectivity index (χ3v) is 9.33. The van der Waals surface area contributed by atoms with Crippen LogP contribution in [0.4, 0.5) is 13.2 Å². The van der Waals surface area contributed by atoms with Gasteiger partial charge in [0.05, 0.1) is 48.7 Å². The quantitative estimate of drug-likeness (QED) is 0.279. The summed E-state index contributed by atoms with van der Waals surface area (Å²) in [5, 5.41) is 18.5. The summed E-state index contributed by atoms with van der Waals surface area (Å²) < 4.78 is 54.1. The van der Waals surface area contributed by atoms with Gasteiger partial charge >= 0.3 is 6.18 Å². The van der Waals surface area contributed by atoms with Crippen LogP contribution in [0.15, 0.2) is 43.1 Å². The molecule has 7 rings (SSSR count). The topological polar surface area (TPSA) is 130 Å². The predicted molar refractivity (Wildman–Crippen MR) is 157 cm³/mol. The summed E-state index contributed by atoms with van der Waals surface area (Å²) in [4.78, 5) is 18.0. The zero-order valence-electron chi connectivity index (χ0n) is 24.8. The molecule has 0 unspecified atom stereocenters. The van der Waals surface area contributed by atoms with E-state index in [9.17, 15) is 18.4 Å². The van der Waals surface area contributed by atoms with E-state index in [4.69, 9.17) is 9.47 Å². The zero-order valence-corrected chi connectivity index (χ0v) is 24.8. The van der Waals surface area contributed by atoms with Crippen LogP contribution in [0.1, 0.15) is 50.3 Å². The van der Waals surface area contributed by atoms with E-state index in [1.807, 2.05) is 30.1 Å². The first-order valence-corrected chi connectivity index (χ1v) is 15.2. The standard InChI is InChI=1S/C31H34F3N9O2/c1-29(17-44-18-29)39-14-20-10-25(31(32,33)34)41-26(11-20)45-23-3-8-42(9-4-23)22-12-30(13-22,5-6-35)43-16-21(15-40-43)27-24-2-7-36-28(24)38-19-37-27/h2,7,10-11,15-16,19,22-23,39H,3-5,8-9,12-14,17-18H2,1H3,(H,36,37,38)/t22-,30-. The third-order valence-electron chi connectivity index (χ3n) is 9.33. The predicted octanol–water partition coefficient (Wildman–Crippen LogP) is 4.43. The summed E-state index contributed by atoms with van der Waals surface area (Å²) in [5.74, 6) is 0.00172. The van der Waals surface area contributed by atoms with Crippen LogP contribution in [0.25, 0.3) is 22.3 Å². The lowest BCUT2D eigenvalue weighted by Crippen LogP contribution is -2.58. The van der Waals surface area contributed by atoms with Crippen LogP contribution in [-0.2, 0) is 23.0 Å². The van der Waals surface area contributed by atoms with E-state index in [2.05, 4.69) is 41.3 Å². The molecule has 2 N–H and O–H groups in total. The van der Waals surface area contributed by atoms with Crippen molar-refractivity contribution in [1.29, 1.82) is 5.26 Å². The fraction of sp³-hybridized carbons (Fsp3) is 0.516. The van der Waals surface area contributed by atoms with Crippen molar-refractivity contribution in [3.63, 3.8) is 0 Å². The van der Waals surface area contributed by atoms with Gasteiger partial charge in [-0.15, -0.1) is 0 Å². The number of hydrogen-bond acceptors (Lipinski definition) is 9. The molecule has 1 saturated carbocycles. The van der Waals surface area contributed by atoms with Crippen molar-refractivity contribution in [3.05, 3.63) is 54.4 Å². The van der Waals surface area contributed by atoms with Gasteiger partial charge < -0.3 is 19.8 Å². The van der Waals surface area contributed by atoms with Crippen LogP contribution in [0.3, 0.4) is 0 Å². The Morgan fingerprint density at radius 3 is 2.71 bits per heavy atom. The zero-order chi connectivity index (χ0) is 31.2. The van der Waals surface area contributed by atoms with Gasteiger partial charge in [0.2, 0.25) is 5.88 Å². The van der Waals surface area contributed by atoms with E-state index >= 15 is 0 Å². The van der Waals surface area contributed by atoms with Gasteiger partial charge in [0, 0.05) is 55.1 Å². The first-order valence-electron chi connectivity index (χ1n) is 15.2. The van der Waals surface area contributed by atoms with Crippen LogP contribution in [0.2, 0.25) is 0 Å². The minimum Gasteiger partial charge on any atom is -0.474 e. The highest BCUT2D eigenvalue weighted by molar-refractivity contribution is 5.90. The molecule has 3 fully saturated rings. The van der Waals surface area contributed by atoms with Crippen LogP contribution in [0, 0.1) is 11.3 Å². The van der Waals surface area contributed by atoms with Gasteiger partial charge in [-0.1, -0.05) is 0 Å². The lowest BCUT2D eigenvalue weighted by Gasteiger charge is -2.52. The van der Waals surface area contributed by atoms with E-state index in [1.54, 1.807) is 12.3 Å². The molecular formula is C31H34F3N9O2. The number of likely N-dealkylation sites (tertiary alicyclic amines) is 1. The Morgan fingerprint density at radius 2 is 2.00 bits per heavy atom. The summed E-state index contributed by atoms with van der Waals surface area (Å²) in [6, 6.07) is 7.25. The van der Waals surface area contributed by atoms with Gasteiger partial charge in [0.25, 0.3) is 0 Å². The molecule has 45 heavy (non-hydrogen) atoms. The number of alkyl halides is 3. The summed E-state index contributed by atoms with van der Waals surface area (Å²) in [7, 11) is 0. The van der Waals surface area contributed by atoms with Crippen molar-refractivity contribution in [2.45, 2.75) is 75.0 Å². The molecule has 2 saturated heterocycles. The highest BCUT2D eigenvalue weighted by Gasteiger charge is 2.49. The molecule has 14 heteroatoms. The van der Waals surface area contributed by atoms with Crippen molar-refractivity contribution < 1.29 is 22.6 Å².